The van der Waals surface area contributed by atoms with Gasteiger partial charge in [-0.25, -0.2) is 0 Å². The van der Waals surface area contributed by atoms with Crippen LogP contribution in [0.1, 0.15) is 49.5 Å². The lowest BCUT2D eigenvalue weighted by Crippen LogP contribution is -2.49. The number of anilines is 1. The lowest BCUT2D eigenvalue weighted by atomic mass is 9.77. The van der Waals surface area contributed by atoms with Crippen LogP contribution in [0.2, 0.25) is 0 Å². The fraction of sp³-hybridized carbons (Fsp3) is 0.241. The fourth-order valence-electron chi connectivity index (χ4n) is 5.01. The molecule has 1 heterocycles. The summed E-state index contributed by atoms with van der Waals surface area (Å²) in [6.45, 7) is 4.61. The first-order chi connectivity index (χ1) is 16.0. The number of allylic oxidation sites excluding steroid dienone is 3. The van der Waals surface area contributed by atoms with Gasteiger partial charge >= 0.3 is 0 Å². The van der Waals surface area contributed by atoms with Crippen LogP contribution < -0.4 is 16.4 Å². The molecule has 0 bridgehead atoms. The van der Waals surface area contributed by atoms with Crippen LogP contribution in [-0.4, -0.2) is 6.17 Å². The van der Waals surface area contributed by atoms with Crippen molar-refractivity contribution in [1.82, 2.24) is 0 Å². The Morgan fingerprint density at radius 3 is 2.33 bits per heavy atom. The van der Waals surface area contributed by atoms with E-state index in [9.17, 15) is 0 Å². The van der Waals surface area contributed by atoms with Crippen molar-refractivity contribution >= 4 is 17.4 Å². The zero-order valence-electron chi connectivity index (χ0n) is 19.2. The van der Waals surface area contributed by atoms with Gasteiger partial charge in [0.2, 0.25) is 0 Å². The molecule has 33 heavy (non-hydrogen) atoms. The third-order valence-electron chi connectivity index (χ3n) is 6.89. The van der Waals surface area contributed by atoms with Crippen molar-refractivity contribution in [3.05, 3.63) is 113 Å². The Balaban J connectivity index is 1.61. The van der Waals surface area contributed by atoms with Crippen LogP contribution in [0.25, 0.3) is 0 Å². The first-order valence-corrected chi connectivity index (χ1v) is 12.4. The number of nitrogens with two attached hydrogens (primary N) is 2. The largest absolute Gasteiger partial charge is 0.333 e. The third kappa shape index (κ3) is 3.93. The minimum atomic E-state index is -0.377. The van der Waals surface area contributed by atoms with Gasteiger partial charge in [-0.05, 0) is 47.7 Å². The third-order valence-corrected chi connectivity index (χ3v) is 8.13. The maximum absolute atomic E-state index is 7.10. The van der Waals surface area contributed by atoms with Gasteiger partial charge in [-0.15, -0.1) is 0 Å². The average Bonchev–Trinajstić information content (AvgIpc) is 2.85. The van der Waals surface area contributed by atoms with E-state index in [0.717, 1.165) is 24.1 Å². The van der Waals surface area contributed by atoms with Crippen LogP contribution in [0.4, 0.5) is 5.69 Å². The Kier molecular flexibility index (Phi) is 5.92. The van der Waals surface area contributed by atoms with E-state index in [-0.39, 0.29) is 17.7 Å². The minimum absolute atomic E-state index is 0.0940. The molecule has 2 atom stereocenters. The SMILES string of the molecule is CC1(C)c2ccccc2Sc2c(C(N)N(c3ccccc3)C(N)C3=CC=CCC3)cccc21. The molecule has 168 valence electrons. The summed E-state index contributed by atoms with van der Waals surface area (Å²) in [5, 5.41) is 0. The molecule has 0 saturated carbocycles. The van der Waals surface area contributed by atoms with Gasteiger partial charge in [-0.3, -0.25) is 0 Å². The molecular formula is C29H31N3S. The molecule has 0 spiro atoms. The normalized spacial score (nSPS) is 18.0. The van der Waals surface area contributed by atoms with Crippen molar-refractivity contribution in [3.8, 4) is 0 Å². The Morgan fingerprint density at radius 2 is 1.58 bits per heavy atom. The van der Waals surface area contributed by atoms with Crippen LogP contribution >= 0.6 is 11.8 Å². The number of hydrogen-bond donors (Lipinski definition) is 2. The summed E-state index contributed by atoms with van der Waals surface area (Å²) < 4.78 is 0. The highest BCUT2D eigenvalue weighted by molar-refractivity contribution is 7.99. The van der Waals surface area contributed by atoms with Crippen LogP contribution in [0.15, 0.2) is 106 Å². The van der Waals surface area contributed by atoms with Gasteiger partial charge in [-0.2, -0.15) is 0 Å². The zero-order valence-corrected chi connectivity index (χ0v) is 20.1. The van der Waals surface area contributed by atoms with Gasteiger partial charge in [0.05, 0.1) is 0 Å². The summed E-state index contributed by atoms with van der Waals surface area (Å²) in [7, 11) is 0. The second-order valence-corrected chi connectivity index (χ2v) is 10.3. The monoisotopic (exact) mass is 453 g/mol. The Hall–Kier alpha value is -2.79. The van der Waals surface area contributed by atoms with Crippen molar-refractivity contribution in [2.24, 2.45) is 11.5 Å². The number of fused-ring (bicyclic) bond motifs is 2. The Bertz CT molecular complexity index is 1210. The number of nitrogens with zero attached hydrogens (tertiary/aromatic N) is 1. The van der Waals surface area contributed by atoms with Crippen molar-refractivity contribution in [3.63, 3.8) is 0 Å². The van der Waals surface area contributed by atoms with E-state index in [0.29, 0.717) is 0 Å². The van der Waals surface area contributed by atoms with Crippen molar-refractivity contribution in [2.75, 3.05) is 4.90 Å². The topological polar surface area (TPSA) is 55.3 Å². The highest BCUT2D eigenvalue weighted by Crippen LogP contribution is 2.51. The zero-order chi connectivity index (χ0) is 23.0. The molecule has 3 nitrogen and oxygen atoms in total. The van der Waals surface area contributed by atoms with Gasteiger partial charge in [0.15, 0.2) is 0 Å². The van der Waals surface area contributed by atoms with E-state index in [4.69, 9.17) is 11.5 Å². The maximum atomic E-state index is 7.10. The average molecular weight is 454 g/mol. The molecule has 1 aliphatic heterocycles. The number of hydrogen-bond acceptors (Lipinski definition) is 4. The molecule has 0 saturated heterocycles. The highest BCUT2D eigenvalue weighted by atomic mass is 32.2. The molecule has 2 unspecified atom stereocenters. The van der Waals surface area contributed by atoms with Crippen LogP contribution in [0.5, 0.6) is 0 Å². The molecule has 3 aromatic rings. The molecule has 2 aliphatic rings. The first kappa shape index (κ1) is 22.0. The predicted molar refractivity (Wildman–Crippen MR) is 139 cm³/mol. The number of benzene rings is 3. The summed E-state index contributed by atoms with van der Waals surface area (Å²) in [5.74, 6) is 0. The van der Waals surface area contributed by atoms with Gasteiger partial charge < -0.3 is 16.4 Å². The second-order valence-electron chi connectivity index (χ2n) is 9.29. The molecule has 5 rings (SSSR count). The van der Waals surface area contributed by atoms with Gasteiger partial charge in [0, 0.05) is 26.5 Å². The van der Waals surface area contributed by atoms with Crippen LogP contribution in [-0.2, 0) is 5.41 Å². The van der Waals surface area contributed by atoms with Crippen molar-refractivity contribution < 1.29 is 0 Å². The smallest absolute Gasteiger partial charge is 0.106 e. The van der Waals surface area contributed by atoms with E-state index < -0.39 is 0 Å². The van der Waals surface area contributed by atoms with E-state index in [2.05, 4.69) is 91.6 Å². The summed E-state index contributed by atoms with van der Waals surface area (Å²) in [6, 6.07) is 25.6. The molecule has 3 aromatic carbocycles. The van der Waals surface area contributed by atoms with Crippen LogP contribution in [0.3, 0.4) is 0 Å². The summed E-state index contributed by atoms with van der Waals surface area (Å²) in [5.41, 5.74) is 20.0. The quantitative estimate of drug-likeness (QED) is 0.433. The molecule has 4 heteroatoms. The minimum Gasteiger partial charge on any atom is -0.333 e. The van der Waals surface area contributed by atoms with Gasteiger partial charge in [-0.1, -0.05) is 98.4 Å². The van der Waals surface area contributed by atoms with Crippen LogP contribution in [0, 0.1) is 0 Å². The Morgan fingerprint density at radius 1 is 0.848 bits per heavy atom. The highest BCUT2D eigenvalue weighted by Gasteiger charge is 2.36. The van der Waals surface area contributed by atoms with Gasteiger partial charge in [0.1, 0.15) is 12.3 Å². The van der Waals surface area contributed by atoms with E-state index >= 15 is 0 Å². The van der Waals surface area contributed by atoms with Gasteiger partial charge in [0.25, 0.3) is 0 Å². The van der Waals surface area contributed by atoms with E-state index in [1.807, 2.05) is 30.0 Å². The first-order valence-electron chi connectivity index (χ1n) is 11.6. The molecule has 0 aromatic heterocycles. The van der Waals surface area contributed by atoms with Crippen molar-refractivity contribution in [2.45, 2.75) is 54.2 Å². The fourth-order valence-corrected chi connectivity index (χ4v) is 6.55. The maximum Gasteiger partial charge on any atom is 0.106 e. The molecule has 0 amide bonds. The second kappa shape index (κ2) is 8.86. The Labute approximate surface area is 201 Å². The number of rotatable bonds is 5. The van der Waals surface area contributed by atoms with Crippen molar-refractivity contribution in [1.29, 1.82) is 0 Å². The summed E-state index contributed by atoms with van der Waals surface area (Å²) in [4.78, 5) is 4.72. The standard InChI is InChI=1S/C29H31N3S/c1-29(2)23-17-9-10-19-25(23)33-26-22(16-11-18-24(26)29)28(31)32(21-14-7-4-8-15-21)27(30)20-12-5-3-6-13-20/h3-5,7-12,14-19,27-28H,6,13,30-31H2,1-2H3. The lowest BCUT2D eigenvalue weighted by molar-refractivity contribution is 0.549. The summed E-state index contributed by atoms with van der Waals surface area (Å²) >= 11 is 1.83. The van der Waals surface area contributed by atoms with E-state index in [1.54, 1.807) is 0 Å². The molecular weight excluding hydrogens is 422 g/mol. The summed E-state index contributed by atoms with van der Waals surface area (Å²) in [6.07, 6.45) is 7.73. The van der Waals surface area contributed by atoms with E-state index in [1.165, 1.54) is 26.5 Å². The molecule has 1 aliphatic carbocycles. The predicted octanol–water partition coefficient (Wildman–Crippen LogP) is 6.50. The molecule has 0 fully saturated rings. The number of para-hydroxylation sites is 1. The molecule has 4 N–H and O–H groups in total. The lowest BCUT2D eigenvalue weighted by Gasteiger charge is -2.41. The molecule has 0 radical (unpaired) electrons.